The maximum atomic E-state index is 2.48. The van der Waals surface area contributed by atoms with Gasteiger partial charge in [-0.05, 0) is 97.9 Å². The van der Waals surface area contributed by atoms with Crippen molar-refractivity contribution < 1.29 is 0 Å². The highest BCUT2D eigenvalue weighted by atomic mass is 32.1. The largest absolute Gasteiger partial charge is 0.140 e. The minimum atomic E-state index is 0.584. The molecule has 0 nitrogen and oxygen atoms in total. The average molecular weight is 371 g/mol. The van der Waals surface area contributed by atoms with Crippen LogP contribution in [0.5, 0.6) is 0 Å². The van der Waals surface area contributed by atoms with Gasteiger partial charge in [-0.15, -0.1) is 11.3 Å². The summed E-state index contributed by atoms with van der Waals surface area (Å²) in [5.74, 6) is 0.584. The summed E-state index contributed by atoms with van der Waals surface area (Å²) in [6, 6.07) is 13.9. The topological polar surface area (TPSA) is 0 Å². The Morgan fingerprint density at radius 2 is 1.85 bits per heavy atom. The minimum Gasteiger partial charge on any atom is -0.140 e. The SMILES string of the molecule is CC1=Cc2ccccc2C1CCC1=C(C)Cc2cc3c(C)c(C)sc3cc21. The van der Waals surface area contributed by atoms with E-state index >= 15 is 0 Å². The maximum Gasteiger partial charge on any atom is 0.0354 e. The standard InChI is InChI=1S/C26H26S/c1-15-11-19-7-5-6-8-23(19)21(15)9-10-22-16(2)12-20-13-24-17(3)18(4)27-26(24)14-25(20)22/h5-8,11,13-14,21H,9-10,12H2,1-4H3. The molecule has 1 unspecified atom stereocenters. The molecule has 1 aromatic heterocycles. The Morgan fingerprint density at radius 3 is 2.70 bits per heavy atom. The third-order valence-electron chi connectivity index (χ3n) is 6.68. The molecule has 0 bridgehead atoms. The first-order chi connectivity index (χ1) is 13.0. The molecule has 1 heteroatoms. The number of hydrogen-bond acceptors (Lipinski definition) is 1. The van der Waals surface area contributed by atoms with E-state index in [4.69, 9.17) is 0 Å². The van der Waals surface area contributed by atoms with Crippen molar-refractivity contribution in [1.82, 2.24) is 0 Å². The van der Waals surface area contributed by atoms with Crippen LogP contribution in [-0.4, -0.2) is 0 Å². The van der Waals surface area contributed by atoms with Crippen LogP contribution in [0.2, 0.25) is 0 Å². The molecule has 5 rings (SSSR count). The Hall–Kier alpha value is -2.12. The van der Waals surface area contributed by atoms with Gasteiger partial charge in [0.05, 0.1) is 0 Å². The highest BCUT2D eigenvalue weighted by Gasteiger charge is 2.25. The summed E-state index contributed by atoms with van der Waals surface area (Å²) in [6.45, 7) is 9.16. The van der Waals surface area contributed by atoms with E-state index in [0.29, 0.717) is 5.92 Å². The van der Waals surface area contributed by atoms with Crippen molar-refractivity contribution in [2.24, 2.45) is 0 Å². The molecule has 0 N–H and O–H groups in total. The molecule has 27 heavy (non-hydrogen) atoms. The fraction of sp³-hybridized carbons (Fsp3) is 0.308. The molecule has 136 valence electrons. The quantitative estimate of drug-likeness (QED) is 0.440. The molecule has 0 aliphatic heterocycles. The summed E-state index contributed by atoms with van der Waals surface area (Å²) in [5.41, 5.74) is 12.2. The van der Waals surface area contributed by atoms with E-state index in [9.17, 15) is 0 Å². The van der Waals surface area contributed by atoms with Crippen LogP contribution in [0.15, 0.2) is 47.5 Å². The first-order valence-corrected chi connectivity index (χ1v) is 10.8. The van der Waals surface area contributed by atoms with E-state index in [0.717, 1.165) is 6.42 Å². The van der Waals surface area contributed by atoms with Crippen LogP contribution < -0.4 is 0 Å². The lowest BCUT2D eigenvalue weighted by atomic mass is 9.88. The Kier molecular flexibility index (Phi) is 3.91. The van der Waals surface area contributed by atoms with Gasteiger partial charge in [-0.2, -0.15) is 0 Å². The fourth-order valence-corrected chi connectivity index (χ4v) is 6.15. The molecular formula is C26H26S. The Bertz CT molecular complexity index is 1140. The number of allylic oxidation sites excluding steroid dienone is 3. The normalized spacial score (nSPS) is 18.2. The van der Waals surface area contributed by atoms with Gasteiger partial charge in [0.25, 0.3) is 0 Å². The van der Waals surface area contributed by atoms with E-state index in [-0.39, 0.29) is 0 Å². The number of thiophene rings is 1. The average Bonchev–Trinajstić information content (AvgIpc) is 3.23. The number of hydrogen-bond donors (Lipinski definition) is 0. The van der Waals surface area contributed by atoms with Gasteiger partial charge >= 0.3 is 0 Å². The van der Waals surface area contributed by atoms with Crippen LogP contribution in [0.1, 0.15) is 65.3 Å². The van der Waals surface area contributed by atoms with Gasteiger partial charge in [0.15, 0.2) is 0 Å². The third-order valence-corrected chi connectivity index (χ3v) is 7.85. The molecule has 2 aliphatic carbocycles. The van der Waals surface area contributed by atoms with Crippen LogP contribution in [0.4, 0.5) is 0 Å². The van der Waals surface area contributed by atoms with Crippen molar-refractivity contribution in [1.29, 1.82) is 0 Å². The predicted molar refractivity (Wildman–Crippen MR) is 120 cm³/mol. The smallest absolute Gasteiger partial charge is 0.0354 e. The number of fused-ring (bicyclic) bond motifs is 3. The summed E-state index contributed by atoms with van der Waals surface area (Å²) >= 11 is 1.95. The lowest BCUT2D eigenvalue weighted by Gasteiger charge is -2.16. The van der Waals surface area contributed by atoms with E-state index < -0.39 is 0 Å². The van der Waals surface area contributed by atoms with Gasteiger partial charge in [-0.3, -0.25) is 0 Å². The molecule has 1 atom stereocenters. The molecule has 0 spiro atoms. The molecule has 0 radical (unpaired) electrons. The number of rotatable bonds is 3. The van der Waals surface area contributed by atoms with Crippen LogP contribution in [0, 0.1) is 13.8 Å². The Balaban J connectivity index is 1.46. The van der Waals surface area contributed by atoms with Gasteiger partial charge in [0, 0.05) is 15.5 Å². The van der Waals surface area contributed by atoms with Crippen LogP contribution >= 0.6 is 11.3 Å². The highest BCUT2D eigenvalue weighted by Crippen LogP contribution is 2.44. The van der Waals surface area contributed by atoms with E-state index in [2.05, 4.69) is 70.2 Å². The minimum absolute atomic E-state index is 0.584. The van der Waals surface area contributed by atoms with E-state index in [1.165, 1.54) is 61.2 Å². The molecular weight excluding hydrogens is 344 g/mol. The third kappa shape index (κ3) is 2.63. The molecule has 2 aromatic carbocycles. The zero-order valence-corrected chi connectivity index (χ0v) is 17.5. The molecule has 1 heterocycles. The summed E-state index contributed by atoms with van der Waals surface area (Å²) in [6.07, 6.45) is 5.90. The lowest BCUT2D eigenvalue weighted by Crippen LogP contribution is -1.98. The van der Waals surface area contributed by atoms with E-state index in [1.807, 2.05) is 11.3 Å². The molecule has 2 aliphatic rings. The monoisotopic (exact) mass is 370 g/mol. The molecule has 0 fully saturated rings. The molecule has 0 saturated heterocycles. The Morgan fingerprint density at radius 1 is 1.04 bits per heavy atom. The van der Waals surface area contributed by atoms with Crippen LogP contribution in [0.3, 0.4) is 0 Å². The second-order valence-electron chi connectivity index (χ2n) is 8.33. The maximum absolute atomic E-state index is 2.48. The predicted octanol–water partition coefficient (Wildman–Crippen LogP) is 7.83. The van der Waals surface area contributed by atoms with Gasteiger partial charge in [0.1, 0.15) is 0 Å². The summed E-state index contributed by atoms with van der Waals surface area (Å²) in [7, 11) is 0. The lowest BCUT2D eigenvalue weighted by molar-refractivity contribution is 0.733. The summed E-state index contributed by atoms with van der Waals surface area (Å²) in [5, 5.41) is 1.47. The summed E-state index contributed by atoms with van der Waals surface area (Å²) in [4.78, 5) is 1.46. The van der Waals surface area contributed by atoms with Gasteiger partial charge in [-0.1, -0.05) is 41.5 Å². The zero-order chi connectivity index (χ0) is 18.7. The number of benzene rings is 2. The highest BCUT2D eigenvalue weighted by molar-refractivity contribution is 7.19. The van der Waals surface area contributed by atoms with Crippen molar-refractivity contribution in [3.05, 3.63) is 80.2 Å². The van der Waals surface area contributed by atoms with Gasteiger partial charge in [-0.25, -0.2) is 0 Å². The van der Waals surface area contributed by atoms with Crippen molar-refractivity contribution in [2.45, 2.75) is 52.9 Å². The molecule has 3 aromatic rings. The summed E-state index contributed by atoms with van der Waals surface area (Å²) < 4.78 is 1.46. The van der Waals surface area contributed by atoms with Crippen molar-refractivity contribution >= 4 is 33.1 Å². The molecule has 0 amide bonds. The molecule has 0 saturated carbocycles. The number of aryl methyl sites for hydroxylation is 2. The Labute approximate surface area is 166 Å². The second-order valence-corrected chi connectivity index (χ2v) is 9.59. The first-order valence-electron chi connectivity index (χ1n) is 10.0. The van der Waals surface area contributed by atoms with Crippen LogP contribution in [-0.2, 0) is 6.42 Å². The van der Waals surface area contributed by atoms with Gasteiger partial charge in [0.2, 0.25) is 0 Å². The first kappa shape index (κ1) is 17.0. The fourth-order valence-electron chi connectivity index (χ4n) is 5.05. The van der Waals surface area contributed by atoms with Gasteiger partial charge < -0.3 is 0 Å². The van der Waals surface area contributed by atoms with Crippen LogP contribution in [0.25, 0.3) is 21.7 Å². The van der Waals surface area contributed by atoms with Crippen molar-refractivity contribution in [3.63, 3.8) is 0 Å². The zero-order valence-electron chi connectivity index (χ0n) is 16.6. The van der Waals surface area contributed by atoms with E-state index in [1.54, 1.807) is 11.1 Å². The van der Waals surface area contributed by atoms with Crippen molar-refractivity contribution in [3.8, 4) is 0 Å². The second kappa shape index (κ2) is 6.21. The van der Waals surface area contributed by atoms with Crippen molar-refractivity contribution in [2.75, 3.05) is 0 Å².